The van der Waals surface area contributed by atoms with Gasteiger partial charge in [0.15, 0.2) is 15.9 Å². The number of benzene rings is 2. The fourth-order valence-electron chi connectivity index (χ4n) is 2.15. The van der Waals surface area contributed by atoms with E-state index in [0.717, 1.165) is 17.4 Å². The molecule has 0 heterocycles. The number of ether oxygens (including phenoxy) is 1. The van der Waals surface area contributed by atoms with Gasteiger partial charge < -0.3 is 10.1 Å². The van der Waals surface area contributed by atoms with Crippen LogP contribution in [0, 0.1) is 13.8 Å². The van der Waals surface area contributed by atoms with Crippen molar-refractivity contribution in [1.29, 1.82) is 0 Å². The molecule has 0 saturated carbocycles. The first kappa shape index (κ1) is 19.3. The predicted octanol–water partition coefficient (Wildman–Crippen LogP) is 3.77. The molecule has 0 unspecified atom stereocenters. The number of hydrogen-bond donors (Lipinski definition) is 1. The van der Waals surface area contributed by atoms with Crippen molar-refractivity contribution in [1.82, 2.24) is 0 Å². The van der Waals surface area contributed by atoms with Crippen LogP contribution in [0.4, 0.5) is 5.69 Å². The van der Waals surface area contributed by atoms with Gasteiger partial charge in [-0.2, -0.15) is 0 Å². The van der Waals surface area contributed by atoms with E-state index < -0.39 is 21.8 Å². The van der Waals surface area contributed by atoms with E-state index in [-0.39, 0.29) is 4.90 Å². The number of anilines is 1. The van der Waals surface area contributed by atoms with Crippen LogP contribution in [0.25, 0.3) is 0 Å². The molecule has 0 aromatic heterocycles. The normalized spacial score (nSPS) is 12.5. The van der Waals surface area contributed by atoms with E-state index in [1.54, 1.807) is 32.0 Å². The van der Waals surface area contributed by atoms with Crippen molar-refractivity contribution in [2.45, 2.75) is 31.8 Å². The summed E-state index contributed by atoms with van der Waals surface area (Å²) in [6.45, 7) is 5.28. The molecule has 0 aliphatic heterocycles. The summed E-state index contributed by atoms with van der Waals surface area (Å²) in [5, 5.41) is 3.12. The highest BCUT2D eigenvalue weighted by Crippen LogP contribution is 2.27. The lowest BCUT2D eigenvalue weighted by molar-refractivity contribution is -0.122. The Balaban J connectivity index is 2.17. The van der Waals surface area contributed by atoms with Gasteiger partial charge in [-0.05, 0) is 56.2 Å². The summed E-state index contributed by atoms with van der Waals surface area (Å²) in [7, 11) is -3.36. The molecule has 5 nitrogen and oxygen atoms in total. The van der Waals surface area contributed by atoms with Crippen LogP contribution in [0.2, 0.25) is 5.02 Å². The second kappa shape index (κ2) is 7.45. The minimum atomic E-state index is -3.36. The minimum absolute atomic E-state index is 0.142. The summed E-state index contributed by atoms with van der Waals surface area (Å²) in [5.74, 6) is 0.0252. The quantitative estimate of drug-likeness (QED) is 0.855. The van der Waals surface area contributed by atoms with Crippen molar-refractivity contribution in [2.24, 2.45) is 0 Å². The monoisotopic (exact) mass is 381 g/mol. The molecule has 134 valence electrons. The van der Waals surface area contributed by atoms with Gasteiger partial charge in [0.2, 0.25) is 0 Å². The van der Waals surface area contributed by atoms with E-state index in [0.29, 0.717) is 16.5 Å². The molecule has 1 atom stereocenters. The topological polar surface area (TPSA) is 72.5 Å². The molecule has 0 aliphatic carbocycles. The maximum Gasteiger partial charge on any atom is 0.265 e. The Bertz CT molecular complexity index is 909. The van der Waals surface area contributed by atoms with Crippen molar-refractivity contribution >= 4 is 33.0 Å². The van der Waals surface area contributed by atoms with Crippen LogP contribution in [0.1, 0.15) is 18.1 Å². The number of rotatable bonds is 5. The Morgan fingerprint density at radius 1 is 1.16 bits per heavy atom. The number of nitrogens with one attached hydrogen (secondary N) is 1. The van der Waals surface area contributed by atoms with Crippen molar-refractivity contribution < 1.29 is 17.9 Å². The van der Waals surface area contributed by atoms with Crippen LogP contribution in [-0.4, -0.2) is 26.7 Å². The van der Waals surface area contributed by atoms with Gasteiger partial charge in [-0.25, -0.2) is 8.42 Å². The van der Waals surface area contributed by atoms with Crippen molar-refractivity contribution in [2.75, 3.05) is 11.6 Å². The third kappa shape index (κ3) is 4.96. The number of sulfone groups is 1. The summed E-state index contributed by atoms with van der Waals surface area (Å²) in [6, 6.07) is 9.90. The van der Waals surface area contributed by atoms with Gasteiger partial charge >= 0.3 is 0 Å². The number of carbonyl (C=O) groups excluding carboxylic acids is 1. The molecule has 0 saturated heterocycles. The summed E-state index contributed by atoms with van der Waals surface area (Å²) in [4.78, 5) is 12.5. The second-order valence-electron chi connectivity index (χ2n) is 5.93. The molecule has 2 aromatic carbocycles. The molecular formula is C18H20ClNO4S. The van der Waals surface area contributed by atoms with Gasteiger partial charge in [0.1, 0.15) is 5.75 Å². The molecule has 0 radical (unpaired) electrons. The third-order valence-electron chi connectivity index (χ3n) is 3.65. The van der Waals surface area contributed by atoms with Gasteiger partial charge in [0.05, 0.1) is 9.92 Å². The SMILES string of the molecule is Cc1ccc(Cl)c(O[C@@H](C)C(=O)Nc2cc(S(C)(=O)=O)ccc2C)c1. The zero-order valence-corrected chi connectivity index (χ0v) is 16.0. The highest BCUT2D eigenvalue weighted by molar-refractivity contribution is 7.90. The number of hydrogen-bond acceptors (Lipinski definition) is 4. The first-order valence-corrected chi connectivity index (χ1v) is 9.89. The molecule has 7 heteroatoms. The Hall–Kier alpha value is -2.05. The average Bonchev–Trinajstić information content (AvgIpc) is 2.51. The Labute approximate surface area is 152 Å². The van der Waals surface area contributed by atoms with E-state index in [1.807, 2.05) is 13.0 Å². The fourth-order valence-corrected chi connectivity index (χ4v) is 2.95. The molecule has 25 heavy (non-hydrogen) atoms. The van der Waals surface area contributed by atoms with Crippen LogP contribution in [0.5, 0.6) is 5.75 Å². The van der Waals surface area contributed by atoms with E-state index in [4.69, 9.17) is 16.3 Å². The number of amides is 1. The Morgan fingerprint density at radius 3 is 2.48 bits per heavy atom. The van der Waals surface area contributed by atoms with E-state index >= 15 is 0 Å². The van der Waals surface area contributed by atoms with E-state index in [9.17, 15) is 13.2 Å². The lowest BCUT2D eigenvalue weighted by Gasteiger charge is -2.17. The van der Waals surface area contributed by atoms with Crippen LogP contribution in [0.3, 0.4) is 0 Å². The first-order valence-electron chi connectivity index (χ1n) is 7.62. The predicted molar refractivity (Wildman–Crippen MR) is 99.2 cm³/mol. The van der Waals surface area contributed by atoms with Crippen molar-refractivity contribution in [3.05, 3.63) is 52.5 Å². The standard InChI is InChI=1S/C18H20ClNO4S/c1-11-5-8-15(19)17(9-11)24-13(3)18(21)20-16-10-14(25(4,22)23)7-6-12(16)2/h5-10,13H,1-4H3,(H,20,21)/t13-/m0/s1. The molecule has 1 amide bonds. The van der Waals surface area contributed by atoms with Crippen LogP contribution in [-0.2, 0) is 14.6 Å². The smallest absolute Gasteiger partial charge is 0.265 e. The van der Waals surface area contributed by atoms with Gasteiger partial charge in [-0.15, -0.1) is 0 Å². The molecular weight excluding hydrogens is 362 g/mol. The molecule has 0 aliphatic rings. The summed E-state index contributed by atoms with van der Waals surface area (Å²) < 4.78 is 29.0. The van der Waals surface area contributed by atoms with Gasteiger partial charge in [-0.3, -0.25) is 4.79 Å². The van der Waals surface area contributed by atoms with E-state index in [1.165, 1.54) is 12.1 Å². The number of halogens is 1. The van der Waals surface area contributed by atoms with Crippen LogP contribution in [0.15, 0.2) is 41.3 Å². The Kier molecular flexibility index (Phi) is 5.75. The molecule has 0 spiro atoms. The van der Waals surface area contributed by atoms with Gasteiger partial charge in [0, 0.05) is 11.9 Å². The summed E-state index contributed by atoms with van der Waals surface area (Å²) in [5.41, 5.74) is 2.14. The zero-order valence-electron chi connectivity index (χ0n) is 14.5. The highest BCUT2D eigenvalue weighted by Gasteiger charge is 2.18. The largest absolute Gasteiger partial charge is 0.479 e. The highest BCUT2D eigenvalue weighted by atomic mass is 35.5. The summed E-state index contributed by atoms with van der Waals surface area (Å²) >= 11 is 6.08. The number of aryl methyl sites for hydroxylation is 2. The van der Waals surface area contributed by atoms with Crippen molar-refractivity contribution in [3.63, 3.8) is 0 Å². The zero-order chi connectivity index (χ0) is 18.8. The first-order chi connectivity index (χ1) is 11.6. The van der Waals surface area contributed by atoms with Gasteiger partial charge in [0.25, 0.3) is 5.91 Å². The third-order valence-corrected chi connectivity index (χ3v) is 5.08. The average molecular weight is 382 g/mol. The van der Waals surface area contributed by atoms with Crippen LogP contribution < -0.4 is 10.1 Å². The van der Waals surface area contributed by atoms with Crippen LogP contribution >= 0.6 is 11.6 Å². The maximum atomic E-state index is 12.4. The lowest BCUT2D eigenvalue weighted by Crippen LogP contribution is -2.30. The molecule has 1 N–H and O–H groups in total. The fraction of sp³-hybridized carbons (Fsp3) is 0.278. The maximum absolute atomic E-state index is 12.4. The molecule has 2 aromatic rings. The molecule has 2 rings (SSSR count). The number of carbonyl (C=O) groups is 1. The minimum Gasteiger partial charge on any atom is -0.479 e. The summed E-state index contributed by atoms with van der Waals surface area (Å²) in [6.07, 6.45) is 0.315. The van der Waals surface area contributed by atoms with E-state index in [2.05, 4.69) is 5.32 Å². The van der Waals surface area contributed by atoms with Crippen molar-refractivity contribution in [3.8, 4) is 5.75 Å². The van der Waals surface area contributed by atoms with Gasteiger partial charge in [-0.1, -0.05) is 23.7 Å². The lowest BCUT2D eigenvalue weighted by atomic mass is 10.2. The second-order valence-corrected chi connectivity index (χ2v) is 8.36. The Morgan fingerprint density at radius 2 is 1.84 bits per heavy atom. The molecule has 0 bridgehead atoms. The molecule has 0 fully saturated rings.